The van der Waals surface area contributed by atoms with Crippen LogP contribution < -0.4 is 5.32 Å². The smallest absolute Gasteiger partial charge is 0.0406 e. The minimum Gasteiger partial charge on any atom is -0.310 e. The van der Waals surface area contributed by atoms with Crippen LogP contribution >= 0.6 is 11.6 Å². The maximum atomic E-state index is 5.87. The molecule has 1 aliphatic rings. The van der Waals surface area contributed by atoms with Gasteiger partial charge in [0.05, 0.1) is 0 Å². The molecule has 0 saturated heterocycles. The highest BCUT2D eigenvalue weighted by molar-refractivity contribution is 6.30. The maximum absolute atomic E-state index is 5.87. The molecule has 0 bridgehead atoms. The number of hydrogen-bond donors (Lipinski definition) is 1. The first-order valence-electron chi connectivity index (χ1n) is 5.98. The van der Waals surface area contributed by atoms with Crippen molar-refractivity contribution < 1.29 is 0 Å². The zero-order chi connectivity index (χ0) is 11.8. The van der Waals surface area contributed by atoms with Crippen molar-refractivity contribution in [1.82, 2.24) is 5.32 Å². The molecule has 0 aliphatic heterocycles. The zero-order valence-electron chi connectivity index (χ0n) is 10.3. The summed E-state index contributed by atoms with van der Waals surface area (Å²) < 4.78 is 0. The van der Waals surface area contributed by atoms with Crippen molar-refractivity contribution in [2.45, 2.75) is 33.2 Å². The molecular formula is C14H20ClN. The Kier molecular flexibility index (Phi) is 3.27. The molecule has 1 fully saturated rings. The van der Waals surface area contributed by atoms with Gasteiger partial charge in [-0.25, -0.2) is 0 Å². The van der Waals surface area contributed by atoms with Crippen molar-refractivity contribution >= 4 is 11.6 Å². The monoisotopic (exact) mass is 237 g/mol. The lowest BCUT2D eigenvalue weighted by molar-refractivity contribution is 0.485. The Labute approximate surface area is 103 Å². The predicted molar refractivity (Wildman–Crippen MR) is 69.8 cm³/mol. The molecule has 88 valence electrons. The van der Waals surface area contributed by atoms with E-state index < -0.39 is 0 Å². The maximum Gasteiger partial charge on any atom is 0.0406 e. The summed E-state index contributed by atoms with van der Waals surface area (Å²) in [6.45, 7) is 8.01. The highest BCUT2D eigenvalue weighted by Gasteiger charge is 2.44. The summed E-state index contributed by atoms with van der Waals surface area (Å²) >= 11 is 5.87. The fraction of sp³-hybridized carbons (Fsp3) is 0.571. The van der Waals surface area contributed by atoms with E-state index in [4.69, 9.17) is 11.6 Å². The fourth-order valence-electron chi connectivity index (χ4n) is 2.11. The Morgan fingerprint density at radius 3 is 2.44 bits per heavy atom. The molecule has 0 radical (unpaired) electrons. The van der Waals surface area contributed by atoms with E-state index in [0.29, 0.717) is 11.5 Å². The van der Waals surface area contributed by atoms with E-state index >= 15 is 0 Å². The second-order valence-electron chi connectivity index (χ2n) is 5.57. The van der Waals surface area contributed by atoms with Crippen LogP contribution in [-0.2, 0) is 0 Å². The van der Waals surface area contributed by atoms with E-state index in [2.05, 4.69) is 38.2 Å². The number of hydrogen-bond acceptors (Lipinski definition) is 1. The lowest BCUT2D eigenvalue weighted by Gasteiger charge is -2.15. The molecule has 1 aromatic rings. The normalized spacial score (nSPS) is 24.1. The van der Waals surface area contributed by atoms with Crippen molar-refractivity contribution in [2.24, 2.45) is 11.3 Å². The summed E-state index contributed by atoms with van der Waals surface area (Å²) in [5.41, 5.74) is 1.87. The summed E-state index contributed by atoms with van der Waals surface area (Å²) in [5.74, 6) is 0.849. The van der Waals surface area contributed by atoms with Crippen LogP contribution in [0.2, 0.25) is 5.02 Å². The first-order chi connectivity index (χ1) is 7.49. The van der Waals surface area contributed by atoms with E-state index in [1.807, 2.05) is 12.1 Å². The number of halogens is 1. The molecule has 0 amide bonds. The number of nitrogens with one attached hydrogen (secondary N) is 1. The summed E-state index contributed by atoms with van der Waals surface area (Å²) in [5, 5.41) is 4.40. The van der Waals surface area contributed by atoms with Crippen molar-refractivity contribution in [3.8, 4) is 0 Å². The van der Waals surface area contributed by atoms with Gasteiger partial charge in [0.1, 0.15) is 0 Å². The van der Waals surface area contributed by atoms with Gasteiger partial charge in [0, 0.05) is 11.1 Å². The van der Waals surface area contributed by atoms with Gasteiger partial charge in [0.15, 0.2) is 0 Å². The van der Waals surface area contributed by atoms with Gasteiger partial charge in [-0.15, -0.1) is 0 Å². The van der Waals surface area contributed by atoms with Crippen molar-refractivity contribution in [3.05, 3.63) is 34.9 Å². The minimum absolute atomic E-state index is 0.411. The van der Waals surface area contributed by atoms with Crippen molar-refractivity contribution in [3.63, 3.8) is 0 Å². The van der Waals surface area contributed by atoms with Crippen molar-refractivity contribution in [1.29, 1.82) is 0 Å². The van der Waals surface area contributed by atoms with Crippen LogP contribution in [0.1, 0.15) is 38.8 Å². The predicted octanol–water partition coefficient (Wildman–Crippen LogP) is 4.04. The van der Waals surface area contributed by atoms with E-state index in [9.17, 15) is 0 Å². The van der Waals surface area contributed by atoms with E-state index in [1.165, 1.54) is 12.0 Å². The Hall–Kier alpha value is -0.530. The molecule has 1 aromatic carbocycles. The molecule has 1 N–H and O–H groups in total. The molecule has 1 aliphatic carbocycles. The van der Waals surface area contributed by atoms with Crippen LogP contribution in [0, 0.1) is 11.3 Å². The number of benzene rings is 1. The SMILES string of the molecule is CC(NCC1CC1(C)C)c1ccc(Cl)cc1. The molecule has 0 spiro atoms. The molecule has 2 heteroatoms. The van der Waals surface area contributed by atoms with Crippen LogP contribution in [0.4, 0.5) is 0 Å². The van der Waals surface area contributed by atoms with Gasteiger partial charge >= 0.3 is 0 Å². The van der Waals surface area contributed by atoms with E-state index in [-0.39, 0.29) is 0 Å². The van der Waals surface area contributed by atoms with Crippen LogP contribution in [-0.4, -0.2) is 6.54 Å². The highest BCUT2D eigenvalue weighted by atomic mass is 35.5. The van der Waals surface area contributed by atoms with Crippen LogP contribution in [0.5, 0.6) is 0 Å². The standard InChI is InChI=1S/C14H20ClN/c1-10(11-4-6-13(15)7-5-11)16-9-12-8-14(12,2)3/h4-7,10,12,16H,8-9H2,1-3H3. The summed E-state index contributed by atoms with van der Waals surface area (Å²) in [7, 11) is 0. The molecule has 0 aromatic heterocycles. The molecule has 0 heterocycles. The largest absolute Gasteiger partial charge is 0.310 e. The lowest BCUT2D eigenvalue weighted by atomic mass is 10.1. The Morgan fingerprint density at radius 2 is 1.94 bits per heavy atom. The molecule has 2 atom stereocenters. The van der Waals surface area contributed by atoms with Gasteiger partial charge in [-0.05, 0) is 48.9 Å². The summed E-state index contributed by atoms with van der Waals surface area (Å²) in [6.07, 6.45) is 1.35. The van der Waals surface area contributed by atoms with Gasteiger partial charge < -0.3 is 5.32 Å². The molecule has 2 unspecified atom stereocenters. The van der Waals surface area contributed by atoms with Gasteiger partial charge in [0.25, 0.3) is 0 Å². The molecule has 1 nitrogen and oxygen atoms in total. The molecular weight excluding hydrogens is 218 g/mol. The fourth-order valence-corrected chi connectivity index (χ4v) is 2.24. The molecule has 2 rings (SSSR count). The van der Waals surface area contributed by atoms with Gasteiger partial charge in [-0.3, -0.25) is 0 Å². The van der Waals surface area contributed by atoms with Gasteiger partial charge in [-0.1, -0.05) is 37.6 Å². The summed E-state index contributed by atoms with van der Waals surface area (Å²) in [6, 6.07) is 8.51. The minimum atomic E-state index is 0.411. The lowest BCUT2D eigenvalue weighted by Crippen LogP contribution is -2.22. The second kappa shape index (κ2) is 4.38. The average molecular weight is 238 g/mol. The van der Waals surface area contributed by atoms with E-state index in [1.54, 1.807) is 0 Å². The topological polar surface area (TPSA) is 12.0 Å². The Balaban J connectivity index is 1.84. The van der Waals surface area contributed by atoms with Crippen LogP contribution in [0.25, 0.3) is 0 Å². The second-order valence-corrected chi connectivity index (χ2v) is 6.01. The third-order valence-electron chi connectivity index (χ3n) is 3.76. The van der Waals surface area contributed by atoms with Crippen molar-refractivity contribution in [2.75, 3.05) is 6.54 Å². The van der Waals surface area contributed by atoms with E-state index in [0.717, 1.165) is 17.5 Å². The number of rotatable bonds is 4. The zero-order valence-corrected chi connectivity index (χ0v) is 11.0. The quantitative estimate of drug-likeness (QED) is 0.834. The molecule has 16 heavy (non-hydrogen) atoms. The van der Waals surface area contributed by atoms with Gasteiger partial charge in [-0.2, -0.15) is 0 Å². The van der Waals surface area contributed by atoms with Crippen LogP contribution in [0.15, 0.2) is 24.3 Å². The summed E-state index contributed by atoms with van der Waals surface area (Å²) in [4.78, 5) is 0. The van der Waals surface area contributed by atoms with Gasteiger partial charge in [0.2, 0.25) is 0 Å². The first kappa shape index (κ1) is 11.9. The Bertz CT molecular complexity index is 356. The third kappa shape index (κ3) is 2.78. The third-order valence-corrected chi connectivity index (χ3v) is 4.01. The Morgan fingerprint density at radius 1 is 1.38 bits per heavy atom. The average Bonchev–Trinajstić information content (AvgIpc) is 2.84. The first-order valence-corrected chi connectivity index (χ1v) is 6.36. The highest BCUT2D eigenvalue weighted by Crippen LogP contribution is 2.51. The van der Waals surface area contributed by atoms with Crippen LogP contribution in [0.3, 0.4) is 0 Å². The molecule has 1 saturated carbocycles.